The first kappa shape index (κ1) is 15.8. The van der Waals surface area contributed by atoms with Gasteiger partial charge in [0.25, 0.3) is 5.91 Å². The molecular weight excluding hydrogens is 334 g/mol. The number of benzene rings is 2. The lowest BCUT2D eigenvalue weighted by Crippen LogP contribution is -2.22. The number of hydrogen-bond donors (Lipinski definition) is 3. The van der Waals surface area contributed by atoms with Gasteiger partial charge in [0.2, 0.25) is 5.82 Å². The molecule has 0 saturated carbocycles. The third kappa shape index (κ3) is 3.51. The number of H-pyrrole nitrogens is 2. The third-order valence-corrected chi connectivity index (χ3v) is 3.82. The van der Waals surface area contributed by atoms with E-state index in [2.05, 4.69) is 35.9 Å². The number of carbonyl (C=O) groups is 1. The summed E-state index contributed by atoms with van der Waals surface area (Å²) in [5.41, 5.74) is 3.22. The van der Waals surface area contributed by atoms with E-state index >= 15 is 0 Å². The summed E-state index contributed by atoms with van der Waals surface area (Å²) in [5.74, 6) is 1.03. The van der Waals surface area contributed by atoms with Gasteiger partial charge in [-0.2, -0.15) is 5.21 Å². The third-order valence-electron chi connectivity index (χ3n) is 3.82. The van der Waals surface area contributed by atoms with Crippen LogP contribution < -0.4 is 10.1 Å². The molecule has 4 aromatic rings. The molecule has 0 spiro atoms. The van der Waals surface area contributed by atoms with Crippen molar-refractivity contribution in [2.24, 2.45) is 0 Å². The zero-order valence-corrected chi connectivity index (χ0v) is 13.6. The van der Waals surface area contributed by atoms with Crippen molar-refractivity contribution in [1.82, 2.24) is 35.9 Å². The SMILES string of the molecule is O=C(NCc1ccc(OCc2nn[nH]n2)cc1)c1ccc2nc[nH]c2c1. The number of ether oxygens (including phenoxy) is 1. The van der Waals surface area contributed by atoms with E-state index in [1.807, 2.05) is 30.3 Å². The second-order valence-corrected chi connectivity index (χ2v) is 5.58. The molecule has 130 valence electrons. The molecule has 9 heteroatoms. The second-order valence-electron chi connectivity index (χ2n) is 5.58. The Morgan fingerprint density at radius 1 is 1.15 bits per heavy atom. The van der Waals surface area contributed by atoms with E-state index in [1.54, 1.807) is 18.5 Å². The lowest BCUT2D eigenvalue weighted by molar-refractivity contribution is 0.0951. The first-order valence-electron chi connectivity index (χ1n) is 7.93. The zero-order chi connectivity index (χ0) is 17.8. The maximum absolute atomic E-state index is 12.3. The molecule has 0 bridgehead atoms. The lowest BCUT2D eigenvalue weighted by Gasteiger charge is -2.07. The number of aromatic amines is 2. The Kier molecular flexibility index (Phi) is 4.25. The summed E-state index contributed by atoms with van der Waals surface area (Å²) in [6.07, 6.45) is 1.61. The minimum Gasteiger partial charge on any atom is -0.485 e. The fraction of sp³-hybridized carbons (Fsp3) is 0.118. The fourth-order valence-electron chi connectivity index (χ4n) is 2.46. The van der Waals surface area contributed by atoms with Crippen molar-refractivity contribution in [3.05, 3.63) is 65.7 Å². The molecule has 2 aromatic heterocycles. The van der Waals surface area contributed by atoms with Gasteiger partial charge in [-0.25, -0.2) is 4.98 Å². The molecule has 0 radical (unpaired) electrons. The van der Waals surface area contributed by atoms with Gasteiger partial charge in [-0.1, -0.05) is 17.3 Å². The van der Waals surface area contributed by atoms with Crippen LogP contribution in [0.2, 0.25) is 0 Å². The number of hydrogen-bond acceptors (Lipinski definition) is 6. The Morgan fingerprint density at radius 3 is 2.85 bits per heavy atom. The molecule has 0 aliphatic carbocycles. The smallest absolute Gasteiger partial charge is 0.251 e. The average molecular weight is 349 g/mol. The summed E-state index contributed by atoms with van der Waals surface area (Å²) in [6.45, 7) is 0.660. The maximum Gasteiger partial charge on any atom is 0.251 e. The topological polar surface area (TPSA) is 121 Å². The maximum atomic E-state index is 12.3. The Morgan fingerprint density at radius 2 is 2.04 bits per heavy atom. The van der Waals surface area contributed by atoms with Crippen LogP contribution in [-0.2, 0) is 13.2 Å². The molecule has 0 aliphatic rings. The molecular formula is C17H15N7O2. The first-order chi connectivity index (χ1) is 12.8. The molecule has 3 N–H and O–H groups in total. The molecule has 26 heavy (non-hydrogen) atoms. The molecule has 0 unspecified atom stereocenters. The fourth-order valence-corrected chi connectivity index (χ4v) is 2.46. The lowest BCUT2D eigenvalue weighted by atomic mass is 10.1. The number of amides is 1. The number of fused-ring (bicyclic) bond motifs is 1. The molecule has 9 nitrogen and oxygen atoms in total. The summed E-state index contributed by atoms with van der Waals surface area (Å²) < 4.78 is 5.55. The van der Waals surface area contributed by atoms with E-state index in [9.17, 15) is 4.79 Å². The van der Waals surface area contributed by atoms with Crippen LogP contribution in [0.5, 0.6) is 5.75 Å². The standard InChI is InChI=1S/C17H15N7O2/c25-17(12-3-6-14-15(7-12)20-10-19-14)18-8-11-1-4-13(5-2-11)26-9-16-21-23-24-22-16/h1-7,10H,8-9H2,(H,18,25)(H,19,20)(H,21,22,23,24). The summed E-state index contributed by atoms with van der Waals surface area (Å²) in [7, 11) is 0. The Labute approximate surface area is 147 Å². The van der Waals surface area contributed by atoms with E-state index in [1.165, 1.54) is 0 Å². The highest BCUT2D eigenvalue weighted by molar-refractivity contribution is 5.97. The molecule has 2 heterocycles. The second kappa shape index (κ2) is 7.01. The summed E-state index contributed by atoms with van der Waals surface area (Å²) in [5, 5.41) is 16.4. The highest BCUT2D eigenvalue weighted by Gasteiger charge is 2.07. The van der Waals surface area contributed by atoms with Crippen LogP contribution >= 0.6 is 0 Å². The Balaban J connectivity index is 1.32. The van der Waals surface area contributed by atoms with Crippen molar-refractivity contribution in [1.29, 1.82) is 0 Å². The predicted octanol–water partition coefficient (Wildman–Crippen LogP) is 1.58. The van der Waals surface area contributed by atoms with Gasteiger partial charge in [0, 0.05) is 12.1 Å². The van der Waals surface area contributed by atoms with Crippen molar-refractivity contribution in [3.8, 4) is 5.75 Å². The highest BCUT2D eigenvalue weighted by Crippen LogP contribution is 2.14. The normalized spacial score (nSPS) is 10.8. The minimum atomic E-state index is -0.140. The molecule has 1 amide bonds. The largest absolute Gasteiger partial charge is 0.485 e. The van der Waals surface area contributed by atoms with Crippen LogP contribution in [0, 0.1) is 0 Å². The van der Waals surface area contributed by atoms with Gasteiger partial charge >= 0.3 is 0 Å². The number of carbonyl (C=O) groups excluding carboxylic acids is 1. The van der Waals surface area contributed by atoms with Crippen molar-refractivity contribution >= 4 is 16.9 Å². The average Bonchev–Trinajstić information content (AvgIpc) is 3.36. The molecule has 2 aromatic carbocycles. The van der Waals surface area contributed by atoms with Crippen LogP contribution in [0.15, 0.2) is 48.8 Å². The molecule has 0 atom stereocenters. The van der Waals surface area contributed by atoms with Crippen LogP contribution in [0.3, 0.4) is 0 Å². The van der Waals surface area contributed by atoms with E-state index in [-0.39, 0.29) is 12.5 Å². The molecule has 0 fully saturated rings. The number of nitrogens with zero attached hydrogens (tertiary/aromatic N) is 4. The van der Waals surface area contributed by atoms with Gasteiger partial charge in [-0.05, 0) is 35.9 Å². The number of aromatic nitrogens is 6. The Hall–Kier alpha value is -3.75. The minimum absolute atomic E-state index is 0.140. The van der Waals surface area contributed by atoms with Crippen molar-refractivity contribution in [2.75, 3.05) is 0 Å². The monoisotopic (exact) mass is 349 g/mol. The summed E-state index contributed by atoms with van der Waals surface area (Å²) in [6, 6.07) is 12.8. The van der Waals surface area contributed by atoms with Crippen LogP contribution in [0.4, 0.5) is 0 Å². The Bertz CT molecular complexity index is 1010. The van der Waals surface area contributed by atoms with E-state index in [0.717, 1.165) is 16.6 Å². The van der Waals surface area contributed by atoms with E-state index in [0.29, 0.717) is 23.7 Å². The molecule has 0 saturated heterocycles. The van der Waals surface area contributed by atoms with E-state index < -0.39 is 0 Å². The van der Waals surface area contributed by atoms with Crippen molar-refractivity contribution in [2.45, 2.75) is 13.2 Å². The first-order valence-corrected chi connectivity index (χ1v) is 7.93. The van der Waals surface area contributed by atoms with E-state index in [4.69, 9.17) is 4.74 Å². The van der Waals surface area contributed by atoms with Gasteiger partial charge in [0.15, 0.2) is 6.61 Å². The number of rotatable bonds is 6. The van der Waals surface area contributed by atoms with Crippen molar-refractivity contribution in [3.63, 3.8) is 0 Å². The van der Waals surface area contributed by atoms with Gasteiger partial charge in [0.1, 0.15) is 5.75 Å². The van der Waals surface area contributed by atoms with Crippen molar-refractivity contribution < 1.29 is 9.53 Å². The molecule has 0 aliphatic heterocycles. The van der Waals surface area contributed by atoms with Gasteiger partial charge < -0.3 is 15.0 Å². The highest BCUT2D eigenvalue weighted by atomic mass is 16.5. The zero-order valence-electron chi connectivity index (χ0n) is 13.6. The van der Waals surface area contributed by atoms with Crippen LogP contribution in [-0.4, -0.2) is 36.5 Å². The van der Waals surface area contributed by atoms with Crippen LogP contribution in [0.1, 0.15) is 21.7 Å². The van der Waals surface area contributed by atoms with Gasteiger partial charge in [0.05, 0.1) is 17.4 Å². The number of tetrazole rings is 1. The predicted molar refractivity (Wildman–Crippen MR) is 92.2 cm³/mol. The van der Waals surface area contributed by atoms with Gasteiger partial charge in [-0.15, -0.1) is 10.2 Å². The summed E-state index contributed by atoms with van der Waals surface area (Å²) in [4.78, 5) is 19.4. The quantitative estimate of drug-likeness (QED) is 0.486. The molecule has 4 rings (SSSR count). The van der Waals surface area contributed by atoms with Crippen LogP contribution in [0.25, 0.3) is 11.0 Å². The number of imidazole rings is 1. The van der Waals surface area contributed by atoms with Gasteiger partial charge in [-0.3, -0.25) is 4.79 Å². The summed E-state index contributed by atoms with van der Waals surface area (Å²) >= 11 is 0. The number of nitrogens with one attached hydrogen (secondary N) is 3.